The molecule has 0 aliphatic heterocycles. The Morgan fingerprint density at radius 2 is 2.38 bits per heavy atom. The number of nitrogen functional groups attached to an aromatic ring is 1. The van der Waals surface area contributed by atoms with Crippen molar-refractivity contribution in [3.63, 3.8) is 0 Å². The van der Waals surface area contributed by atoms with Crippen LogP contribution in [-0.2, 0) is 6.54 Å². The SMILES string of the molecule is C=CCNc1c(N)c(C)nn1CC. The Bertz CT molecular complexity index is 301. The predicted octanol–water partition coefficient (Wildman–Crippen LogP) is 1.39. The minimum absolute atomic E-state index is 0.704. The van der Waals surface area contributed by atoms with Gasteiger partial charge in [-0.15, -0.1) is 6.58 Å². The van der Waals surface area contributed by atoms with Gasteiger partial charge in [0, 0.05) is 13.1 Å². The molecule has 1 rings (SSSR count). The maximum atomic E-state index is 5.84. The van der Waals surface area contributed by atoms with Crippen LogP contribution in [0.3, 0.4) is 0 Å². The van der Waals surface area contributed by atoms with Crippen LogP contribution >= 0.6 is 0 Å². The molecule has 0 atom stereocenters. The van der Waals surface area contributed by atoms with E-state index in [2.05, 4.69) is 17.0 Å². The molecule has 0 aliphatic carbocycles. The first-order valence-electron chi connectivity index (χ1n) is 4.38. The van der Waals surface area contributed by atoms with E-state index in [4.69, 9.17) is 5.73 Å². The van der Waals surface area contributed by atoms with Crippen LogP contribution in [0.2, 0.25) is 0 Å². The maximum Gasteiger partial charge on any atom is 0.148 e. The fraction of sp³-hybridized carbons (Fsp3) is 0.444. The van der Waals surface area contributed by atoms with Gasteiger partial charge < -0.3 is 11.1 Å². The van der Waals surface area contributed by atoms with E-state index in [0.717, 1.165) is 23.7 Å². The third kappa shape index (κ3) is 1.83. The van der Waals surface area contributed by atoms with Crippen LogP contribution in [0, 0.1) is 6.92 Å². The molecule has 1 aromatic heterocycles. The van der Waals surface area contributed by atoms with E-state index in [1.54, 1.807) is 6.08 Å². The molecule has 0 radical (unpaired) electrons. The molecule has 0 fully saturated rings. The highest BCUT2D eigenvalue weighted by Gasteiger charge is 2.09. The lowest BCUT2D eigenvalue weighted by molar-refractivity contribution is 0.659. The van der Waals surface area contributed by atoms with Crippen molar-refractivity contribution < 1.29 is 0 Å². The van der Waals surface area contributed by atoms with E-state index >= 15 is 0 Å². The van der Waals surface area contributed by atoms with Crippen LogP contribution < -0.4 is 11.1 Å². The van der Waals surface area contributed by atoms with Crippen molar-refractivity contribution in [2.45, 2.75) is 20.4 Å². The second kappa shape index (κ2) is 3.98. The van der Waals surface area contributed by atoms with E-state index in [-0.39, 0.29) is 0 Å². The van der Waals surface area contributed by atoms with Crippen molar-refractivity contribution in [1.82, 2.24) is 9.78 Å². The number of rotatable bonds is 4. The van der Waals surface area contributed by atoms with E-state index in [1.165, 1.54) is 0 Å². The van der Waals surface area contributed by atoms with E-state index in [9.17, 15) is 0 Å². The van der Waals surface area contributed by atoms with Gasteiger partial charge in [0.15, 0.2) is 0 Å². The molecule has 0 saturated heterocycles. The summed E-state index contributed by atoms with van der Waals surface area (Å²) in [5, 5.41) is 7.44. The predicted molar refractivity (Wildman–Crippen MR) is 55.7 cm³/mol. The van der Waals surface area contributed by atoms with Crippen LogP contribution in [0.4, 0.5) is 11.5 Å². The van der Waals surface area contributed by atoms with Crippen molar-refractivity contribution in [3.05, 3.63) is 18.3 Å². The molecule has 1 aromatic rings. The van der Waals surface area contributed by atoms with E-state index in [1.807, 2.05) is 18.5 Å². The molecule has 0 bridgehead atoms. The summed E-state index contributed by atoms with van der Waals surface area (Å²) in [6, 6.07) is 0. The first kappa shape index (κ1) is 9.64. The Balaban J connectivity index is 2.94. The molecule has 0 amide bonds. The Kier molecular flexibility index (Phi) is 2.95. The van der Waals surface area contributed by atoms with Crippen molar-refractivity contribution >= 4 is 11.5 Å². The normalized spacial score (nSPS) is 10.0. The molecular weight excluding hydrogens is 164 g/mol. The van der Waals surface area contributed by atoms with Crippen LogP contribution in [0.25, 0.3) is 0 Å². The molecule has 0 aromatic carbocycles. The van der Waals surface area contributed by atoms with E-state index < -0.39 is 0 Å². The number of aromatic nitrogens is 2. The Morgan fingerprint density at radius 1 is 1.69 bits per heavy atom. The van der Waals surface area contributed by atoms with Crippen molar-refractivity contribution in [1.29, 1.82) is 0 Å². The summed E-state index contributed by atoms with van der Waals surface area (Å²) < 4.78 is 1.86. The Morgan fingerprint density at radius 3 is 2.92 bits per heavy atom. The summed E-state index contributed by atoms with van der Waals surface area (Å²) in [6.07, 6.45) is 1.79. The van der Waals surface area contributed by atoms with Gasteiger partial charge in [-0.1, -0.05) is 6.08 Å². The summed E-state index contributed by atoms with van der Waals surface area (Å²) in [5.74, 6) is 0.889. The fourth-order valence-electron chi connectivity index (χ4n) is 1.18. The molecule has 0 unspecified atom stereocenters. The lowest BCUT2D eigenvalue weighted by Crippen LogP contribution is -2.07. The number of nitrogens with two attached hydrogens (primary N) is 1. The van der Waals surface area contributed by atoms with Gasteiger partial charge in [0.05, 0.1) is 11.4 Å². The Hall–Kier alpha value is -1.45. The smallest absolute Gasteiger partial charge is 0.148 e. The number of nitrogens with one attached hydrogen (secondary N) is 1. The van der Waals surface area contributed by atoms with Crippen molar-refractivity contribution in [3.8, 4) is 0 Å². The van der Waals surface area contributed by atoms with Gasteiger partial charge in [-0.2, -0.15) is 5.10 Å². The number of aryl methyl sites for hydroxylation is 2. The topological polar surface area (TPSA) is 55.9 Å². The molecule has 1 heterocycles. The van der Waals surface area contributed by atoms with E-state index in [0.29, 0.717) is 6.54 Å². The number of nitrogens with zero attached hydrogens (tertiary/aromatic N) is 2. The maximum absolute atomic E-state index is 5.84. The van der Waals surface area contributed by atoms with Gasteiger partial charge in [-0.25, -0.2) is 4.68 Å². The lowest BCUT2D eigenvalue weighted by atomic mass is 10.4. The van der Waals surface area contributed by atoms with Crippen LogP contribution in [-0.4, -0.2) is 16.3 Å². The molecule has 72 valence electrons. The minimum atomic E-state index is 0.704. The molecule has 13 heavy (non-hydrogen) atoms. The summed E-state index contributed by atoms with van der Waals surface area (Å²) in [7, 11) is 0. The molecule has 3 N–H and O–H groups in total. The quantitative estimate of drug-likeness (QED) is 0.688. The zero-order valence-corrected chi connectivity index (χ0v) is 8.17. The second-order valence-electron chi connectivity index (χ2n) is 2.83. The van der Waals surface area contributed by atoms with Gasteiger partial charge in [-0.3, -0.25) is 0 Å². The number of hydrogen-bond donors (Lipinski definition) is 2. The Labute approximate surface area is 78.4 Å². The minimum Gasteiger partial charge on any atom is -0.394 e. The van der Waals surface area contributed by atoms with Crippen LogP contribution in [0.5, 0.6) is 0 Å². The molecule has 0 saturated carbocycles. The standard InChI is InChI=1S/C9H16N4/c1-4-6-11-9-8(10)7(3)12-13(9)5-2/h4,11H,1,5-6,10H2,2-3H3. The first-order chi connectivity index (χ1) is 6.20. The van der Waals surface area contributed by atoms with Crippen LogP contribution in [0.15, 0.2) is 12.7 Å². The largest absolute Gasteiger partial charge is 0.394 e. The van der Waals surface area contributed by atoms with Gasteiger partial charge >= 0.3 is 0 Å². The molecule has 4 nitrogen and oxygen atoms in total. The zero-order valence-electron chi connectivity index (χ0n) is 8.17. The van der Waals surface area contributed by atoms with Gasteiger partial charge in [0.2, 0.25) is 0 Å². The average Bonchev–Trinajstić information content (AvgIpc) is 2.40. The van der Waals surface area contributed by atoms with Gasteiger partial charge in [-0.05, 0) is 13.8 Å². The molecule has 4 heteroatoms. The molecule has 0 spiro atoms. The third-order valence-corrected chi connectivity index (χ3v) is 1.89. The van der Waals surface area contributed by atoms with Crippen LogP contribution in [0.1, 0.15) is 12.6 Å². The fourth-order valence-corrected chi connectivity index (χ4v) is 1.18. The monoisotopic (exact) mass is 180 g/mol. The average molecular weight is 180 g/mol. The lowest BCUT2D eigenvalue weighted by Gasteiger charge is -2.06. The number of anilines is 2. The highest BCUT2D eigenvalue weighted by molar-refractivity contribution is 5.64. The number of hydrogen-bond acceptors (Lipinski definition) is 3. The van der Waals surface area contributed by atoms with Gasteiger partial charge in [0.25, 0.3) is 0 Å². The highest BCUT2D eigenvalue weighted by atomic mass is 15.3. The highest BCUT2D eigenvalue weighted by Crippen LogP contribution is 2.21. The summed E-state index contributed by atoms with van der Waals surface area (Å²) in [4.78, 5) is 0. The van der Waals surface area contributed by atoms with Crippen molar-refractivity contribution in [2.24, 2.45) is 0 Å². The second-order valence-corrected chi connectivity index (χ2v) is 2.83. The summed E-state index contributed by atoms with van der Waals surface area (Å²) in [6.45, 7) is 9.09. The first-order valence-corrected chi connectivity index (χ1v) is 4.38. The molecular formula is C9H16N4. The van der Waals surface area contributed by atoms with Gasteiger partial charge in [0.1, 0.15) is 5.82 Å². The molecule has 0 aliphatic rings. The third-order valence-electron chi connectivity index (χ3n) is 1.89. The summed E-state index contributed by atoms with van der Waals surface area (Å²) >= 11 is 0. The zero-order chi connectivity index (χ0) is 9.84. The summed E-state index contributed by atoms with van der Waals surface area (Å²) in [5.41, 5.74) is 7.43. The van der Waals surface area contributed by atoms with Crippen molar-refractivity contribution in [2.75, 3.05) is 17.6 Å².